The second kappa shape index (κ2) is 14.3. The van der Waals surface area contributed by atoms with Crippen LogP contribution in [0.15, 0.2) is 89.8 Å². The van der Waals surface area contributed by atoms with E-state index in [9.17, 15) is 4.79 Å². The van der Waals surface area contributed by atoms with E-state index in [-0.39, 0.29) is 22.5 Å². The summed E-state index contributed by atoms with van der Waals surface area (Å²) >= 11 is 1.71. The Labute approximate surface area is 223 Å². The number of carbonyl (C=O) groups excluding carboxylic acids is 1. The molecule has 1 atom stereocenters. The molecule has 192 valence electrons. The average molecular weight is 502 g/mol. The van der Waals surface area contributed by atoms with Gasteiger partial charge in [0.05, 0.1) is 5.25 Å². The van der Waals surface area contributed by atoms with Gasteiger partial charge in [-0.3, -0.25) is 4.79 Å². The van der Waals surface area contributed by atoms with Crippen molar-refractivity contribution in [2.24, 2.45) is 0 Å². The van der Waals surface area contributed by atoms with E-state index in [1.165, 1.54) is 47.3 Å². The molecule has 0 saturated heterocycles. The molecule has 0 aliphatic heterocycles. The minimum Gasteiger partial charge on any atom is -0.354 e. The molecule has 3 aromatic carbocycles. The predicted octanol–water partition coefficient (Wildman–Crippen LogP) is 8.75. The van der Waals surface area contributed by atoms with Crippen LogP contribution in [0.5, 0.6) is 0 Å². The van der Waals surface area contributed by atoms with Crippen LogP contribution in [0.1, 0.15) is 88.8 Å². The molecule has 3 rings (SSSR count). The second-order valence-corrected chi connectivity index (χ2v) is 12.0. The van der Waals surface area contributed by atoms with Gasteiger partial charge in [0.1, 0.15) is 0 Å². The van der Waals surface area contributed by atoms with E-state index in [4.69, 9.17) is 0 Å². The van der Waals surface area contributed by atoms with Gasteiger partial charge in [-0.2, -0.15) is 0 Å². The third kappa shape index (κ3) is 8.85. The van der Waals surface area contributed by atoms with Crippen LogP contribution in [0, 0.1) is 0 Å². The highest BCUT2D eigenvalue weighted by Crippen LogP contribution is 2.31. The summed E-state index contributed by atoms with van der Waals surface area (Å²) in [5.41, 5.74) is 3.90. The van der Waals surface area contributed by atoms with Gasteiger partial charge in [0.2, 0.25) is 5.91 Å². The summed E-state index contributed by atoms with van der Waals surface area (Å²) in [5.74, 6) is 0.282. The molecule has 0 saturated carbocycles. The maximum atomic E-state index is 13.5. The Bertz CT molecular complexity index is 985. The van der Waals surface area contributed by atoms with Gasteiger partial charge < -0.3 is 5.32 Å². The molecule has 0 aliphatic carbocycles. The van der Waals surface area contributed by atoms with Gasteiger partial charge in [0.25, 0.3) is 0 Å². The monoisotopic (exact) mass is 501 g/mol. The molecule has 3 aromatic rings. The van der Waals surface area contributed by atoms with E-state index < -0.39 is 0 Å². The molecule has 0 bridgehead atoms. The van der Waals surface area contributed by atoms with Gasteiger partial charge in [-0.1, -0.05) is 133 Å². The quantitative estimate of drug-likeness (QED) is 0.187. The SMILES string of the molecule is CCCCCCCC(Sc1ccc(C(C)(C)C)cc1)C(=O)NCC(c1ccccc1)c1ccccc1. The van der Waals surface area contributed by atoms with Crippen LogP contribution in [0.2, 0.25) is 0 Å². The molecule has 36 heavy (non-hydrogen) atoms. The molecule has 0 spiro atoms. The van der Waals surface area contributed by atoms with Crippen molar-refractivity contribution in [1.82, 2.24) is 5.32 Å². The van der Waals surface area contributed by atoms with Crippen LogP contribution in [-0.2, 0) is 10.2 Å². The van der Waals surface area contributed by atoms with Crippen LogP contribution in [0.25, 0.3) is 0 Å². The van der Waals surface area contributed by atoms with Gasteiger partial charge in [-0.25, -0.2) is 0 Å². The maximum absolute atomic E-state index is 13.5. The Kier molecular flexibility index (Phi) is 11.1. The first-order valence-electron chi connectivity index (χ1n) is 13.5. The molecule has 1 amide bonds. The number of thioether (sulfide) groups is 1. The molecule has 1 unspecified atom stereocenters. The van der Waals surface area contributed by atoms with E-state index in [0.717, 1.165) is 12.8 Å². The Morgan fingerprint density at radius 1 is 0.778 bits per heavy atom. The smallest absolute Gasteiger partial charge is 0.233 e. The Morgan fingerprint density at radius 2 is 1.33 bits per heavy atom. The van der Waals surface area contributed by atoms with Crippen LogP contribution in [0.4, 0.5) is 0 Å². The Balaban J connectivity index is 1.71. The van der Waals surface area contributed by atoms with Gasteiger partial charge >= 0.3 is 0 Å². The highest BCUT2D eigenvalue weighted by molar-refractivity contribution is 8.00. The number of amides is 1. The molecule has 2 nitrogen and oxygen atoms in total. The van der Waals surface area contributed by atoms with Gasteiger partial charge in [-0.05, 0) is 40.7 Å². The molecule has 0 aliphatic rings. The van der Waals surface area contributed by atoms with Gasteiger partial charge in [0.15, 0.2) is 0 Å². The first-order valence-corrected chi connectivity index (χ1v) is 14.4. The number of benzene rings is 3. The number of carbonyl (C=O) groups is 1. The second-order valence-electron chi connectivity index (χ2n) is 10.7. The molecule has 0 aromatic heterocycles. The summed E-state index contributed by atoms with van der Waals surface area (Å²) in [6, 6.07) is 29.8. The summed E-state index contributed by atoms with van der Waals surface area (Å²) in [5, 5.41) is 3.24. The molecule has 0 fully saturated rings. The number of rotatable bonds is 13. The fraction of sp³-hybridized carbons (Fsp3) is 0.424. The van der Waals surface area contributed by atoms with Crippen LogP contribution < -0.4 is 5.32 Å². The summed E-state index contributed by atoms with van der Waals surface area (Å²) in [6.45, 7) is 9.54. The summed E-state index contributed by atoms with van der Waals surface area (Å²) in [6.07, 6.45) is 6.94. The van der Waals surface area contributed by atoms with E-state index in [2.05, 4.69) is 106 Å². The van der Waals surface area contributed by atoms with Crippen molar-refractivity contribution in [3.8, 4) is 0 Å². The first-order chi connectivity index (χ1) is 17.4. The summed E-state index contributed by atoms with van der Waals surface area (Å²) in [4.78, 5) is 14.7. The maximum Gasteiger partial charge on any atom is 0.233 e. The van der Waals surface area contributed by atoms with Crippen molar-refractivity contribution in [1.29, 1.82) is 0 Å². The van der Waals surface area contributed by atoms with Crippen molar-refractivity contribution in [2.45, 2.75) is 87.7 Å². The molecule has 1 N–H and O–H groups in total. The van der Waals surface area contributed by atoms with E-state index in [0.29, 0.717) is 6.54 Å². The lowest BCUT2D eigenvalue weighted by molar-refractivity contribution is -0.120. The standard InChI is InChI=1S/C33H43NOS/c1-5-6-7-8-15-20-31(36-29-23-21-28(22-24-29)33(2,3)4)32(35)34-25-30(26-16-11-9-12-17-26)27-18-13-10-14-19-27/h9-14,16-19,21-24,30-31H,5-8,15,20,25H2,1-4H3,(H,34,35). The fourth-order valence-corrected chi connectivity index (χ4v) is 5.59. The van der Waals surface area contributed by atoms with Gasteiger partial charge in [-0.15, -0.1) is 11.8 Å². The van der Waals surface area contributed by atoms with E-state index >= 15 is 0 Å². The summed E-state index contributed by atoms with van der Waals surface area (Å²) in [7, 11) is 0. The van der Waals surface area contributed by atoms with Crippen LogP contribution >= 0.6 is 11.8 Å². The normalized spacial score (nSPS) is 12.5. The number of hydrogen-bond donors (Lipinski definition) is 1. The topological polar surface area (TPSA) is 29.1 Å². The number of unbranched alkanes of at least 4 members (excludes halogenated alkanes) is 4. The molecule has 3 heteroatoms. The molecule has 0 heterocycles. The zero-order chi connectivity index (χ0) is 25.8. The zero-order valence-corrected chi connectivity index (χ0v) is 23.3. The van der Waals surface area contributed by atoms with Crippen molar-refractivity contribution in [2.75, 3.05) is 6.54 Å². The third-order valence-electron chi connectivity index (χ3n) is 6.75. The van der Waals surface area contributed by atoms with E-state index in [1.54, 1.807) is 11.8 Å². The molecular weight excluding hydrogens is 458 g/mol. The Hall–Kier alpha value is -2.52. The number of hydrogen-bond acceptors (Lipinski definition) is 2. The van der Waals surface area contributed by atoms with Crippen molar-refractivity contribution in [3.63, 3.8) is 0 Å². The molecular formula is C33H43NOS. The highest BCUT2D eigenvalue weighted by atomic mass is 32.2. The lowest BCUT2D eigenvalue weighted by atomic mass is 9.87. The zero-order valence-electron chi connectivity index (χ0n) is 22.5. The average Bonchev–Trinajstić information content (AvgIpc) is 2.89. The van der Waals surface area contributed by atoms with E-state index in [1.807, 2.05) is 12.1 Å². The first kappa shape index (κ1) is 28.1. The molecule has 0 radical (unpaired) electrons. The van der Waals surface area contributed by atoms with Gasteiger partial charge in [0, 0.05) is 17.4 Å². The third-order valence-corrected chi connectivity index (χ3v) is 8.02. The van der Waals surface area contributed by atoms with Crippen molar-refractivity contribution in [3.05, 3.63) is 102 Å². The Morgan fingerprint density at radius 3 is 1.86 bits per heavy atom. The lowest BCUT2D eigenvalue weighted by Crippen LogP contribution is -2.35. The minimum absolute atomic E-state index is 0.0840. The van der Waals surface area contributed by atoms with Crippen LogP contribution in [-0.4, -0.2) is 17.7 Å². The largest absolute Gasteiger partial charge is 0.354 e. The lowest BCUT2D eigenvalue weighted by Gasteiger charge is -2.22. The fourth-order valence-electron chi connectivity index (χ4n) is 4.49. The minimum atomic E-state index is -0.0840. The predicted molar refractivity (Wildman–Crippen MR) is 156 cm³/mol. The van der Waals surface area contributed by atoms with Crippen LogP contribution in [0.3, 0.4) is 0 Å². The highest BCUT2D eigenvalue weighted by Gasteiger charge is 2.22. The summed E-state index contributed by atoms with van der Waals surface area (Å²) < 4.78 is 0. The van der Waals surface area contributed by atoms with Crippen molar-refractivity contribution >= 4 is 17.7 Å². The van der Waals surface area contributed by atoms with Crippen molar-refractivity contribution < 1.29 is 4.79 Å². The number of nitrogens with one attached hydrogen (secondary N) is 1.